The third-order valence-electron chi connectivity index (χ3n) is 4.26. The van der Waals surface area contributed by atoms with Gasteiger partial charge in [0.1, 0.15) is 5.01 Å². The molecule has 1 aliphatic rings. The molecule has 0 radical (unpaired) electrons. The summed E-state index contributed by atoms with van der Waals surface area (Å²) in [6.45, 7) is 8.94. The van der Waals surface area contributed by atoms with Crippen molar-refractivity contribution >= 4 is 11.3 Å². The summed E-state index contributed by atoms with van der Waals surface area (Å²) in [6, 6.07) is 0.977. The molecule has 2 rings (SSSR count). The summed E-state index contributed by atoms with van der Waals surface area (Å²) in [7, 11) is 0. The lowest BCUT2D eigenvalue weighted by Crippen LogP contribution is -2.30. The Hall–Kier alpha value is -0.410. The summed E-state index contributed by atoms with van der Waals surface area (Å²) in [6.07, 6.45) is 8.39. The van der Waals surface area contributed by atoms with Crippen LogP contribution in [-0.2, 0) is 0 Å². The predicted octanol–water partition coefficient (Wildman–Crippen LogP) is 5.28. The second-order valence-electron chi connectivity index (χ2n) is 6.88. The van der Waals surface area contributed by atoms with E-state index in [1.807, 2.05) is 11.3 Å². The Morgan fingerprint density at radius 3 is 2.45 bits per heavy atom. The Bertz CT molecular complexity index is 391. The van der Waals surface area contributed by atoms with Crippen LogP contribution in [0.3, 0.4) is 0 Å². The monoisotopic (exact) mass is 294 g/mol. The molecule has 1 fully saturated rings. The molecule has 0 amide bonds. The lowest BCUT2D eigenvalue weighted by atomic mass is 9.85. The van der Waals surface area contributed by atoms with E-state index >= 15 is 0 Å². The lowest BCUT2D eigenvalue weighted by Gasteiger charge is -2.27. The van der Waals surface area contributed by atoms with Crippen molar-refractivity contribution < 1.29 is 0 Å². The minimum Gasteiger partial charge on any atom is -0.306 e. The van der Waals surface area contributed by atoms with Crippen molar-refractivity contribution in [3.8, 4) is 0 Å². The first kappa shape index (κ1) is 16.0. The first-order valence-electron chi connectivity index (χ1n) is 8.27. The molecule has 20 heavy (non-hydrogen) atoms. The molecule has 2 nitrogen and oxygen atoms in total. The third kappa shape index (κ3) is 4.56. The Morgan fingerprint density at radius 2 is 1.90 bits per heavy atom. The molecule has 1 aliphatic carbocycles. The van der Waals surface area contributed by atoms with Crippen LogP contribution in [0.1, 0.15) is 88.9 Å². The largest absolute Gasteiger partial charge is 0.306 e. The number of hydrogen-bond acceptors (Lipinski definition) is 3. The van der Waals surface area contributed by atoms with Crippen molar-refractivity contribution in [1.82, 2.24) is 10.3 Å². The van der Waals surface area contributed by atoms with E-state index in [2.05, 4.69) is 38.4 Å². The predicted molar refractivity (Wildman–Crippen MR) is 88.4 cm³/mol. The summed E-state index contributed by atoms with van der Waals surface area (Å²) in [4.78, 5) is 4.88. The average Bonchev–Trinajstić information content (AvgIpc) is 2.88. The minimum atomic E-state index is 0.454. The highest BCUT2D eigenvalue weighted by Gasteiger charge is 2.23. The van der Waals surface area contributed by atoms with Crippen molar-refractivity contribution in [3.05, 3.63) is 16.1 Å². The maximum absolute atomic E-state index is 4.88. The fourth-order valence-electron chi connectivity index (χ4n) is 3.12. The normalized spacial score (nSPS) is 18.9. The van der Waals surface area contributed by atoms with E-state index in [1.165, 1.54) is 49.2 Å². The zero-order valence-corrected chi connectivity index (χ0v) is 14.3. The minimum absolute atomic E-state index is 0.454. The Kier molecular flexibility index (Phi) is 6.03. The molecular formula is C17H30N2S. The number of nitrogens with zero attached hydrogens (tertiary/aromatic N) is 1. The van der Waals surface area contributed by atoms with Crippen LogP contribution >= 0.6 is 11.3 Å². The highest BCUT2D eigenvalue weighted by molar-refractivity contribution is 7.09. The zero-order valence-electron chi connectivity index (χ0n) is 13.5. The van der Waals surface area contributed by atoms with Gasteiger partial charge in [0.15, 0.2) is 0 Å². The van der Waals surface area contributed by atoms with Crippen LogP contribution in [0.5, 0.6) is 0 Å². The highest BCUT2D eigenvalue weighted by atomic mass is 32.1. The Morgan fingerprint density at radius 1 is 1.20 bits per heavy atom. The maximum atomic E-state index is 4.88. The maximum Gasteiger partial charge on any atom is 0.110 e. The van der Waals surface area contributed by atoms with Crippen LogP contribution in [0, 0.1) is 5.92 Å². The number of aromatic nitrogens is 1. The molecule has 114 valence electrons. The number of thiazole rings is 1. The first-order valence-corrected chi connectivity index (χ1v) is 9.15. The van der Waals surface area contributed by atoms with Crippen LogP contribution in [0.2, 0.25) is 0 Å². The fourth-order valence-corrected chi connectivity index (χ4v) is 4.18. The molecule has 1 aromatic heterocycles. The fraction of sp³-hybridized carbons (Fsp3) is 0.824. The summed E-state index contributed by atoms with van der Waals surface area (Å²) < 4.78 is 0. The van der Waals surface area contributed by atoms with Gasteiger partial charge in [0, 0.05) is 11.4 Å². The second-order valence-corrected chi connectivity index (χ2v) is 7.77. The third-order valence-corrected chi connectivity index (χ3v) is 5.23. The zero-order chi connectivity index (χ0) is 14.5. The molecule has 1 unspecified atom stereocenters. The van der Waals surface area contributed by atoms with Crippen LogP contribution in [0.25, 0.3) is 0 Å². The molecule has 3 heteroatoms. The van der Waals surface area contributed by atoms with E-state index < -0.39 is 0 Å². The van der Waals surface area contributed by atoms with Gasteiger partial charge in [-0.2, -0.15) is 0 Å². The van der Waals surface area contributed by atoms with Gasteiger partial charge in [0.2, 0.25) is 0 Å². The lowest BCUT2D eigenvalue weighted by molar-refractivity contribution is 0.292. The molecule has 1 N–H and O–H groups in total. The van der Waals surface area contributed by atoms with E-state index in [0.717, 1.165) is 5.92 Å². The molecule has 0 saturated heterocycles. The summed E-state index contributed by atoms with van der Waals surface area (Å²) >= 11 is 1.84. The Labute approximate surface area is 128 Å². The molecule has 0 spiro atoms. The van der Waals surface area contributed by atoms with Crippen LogP contribution < -0.4 is 5.32 Å². The summed E-state index contributed by atoms with van der Waals surface area (Å²) in [5.41, 5.74) is 1.25. The van der Waals surface area contributed by atoms with Crippen molar-refractivity contribution in [2.75, 3.05) is 0 Å². The van der Waals surface area contributed by atoms with Gasteiger partial charge in [-0.05, 0) is 18.3 Å². The van der Waals surface area contributed by atoms with Crippen molar-refractivity contribution in [3.63, 3.8) is 0 Å². The highest BCUT2D eigenvalue weighted by Crippen LogP contribution is 2.33. The van der Waals surface area contributed by atoms with Gasteiger partial charge in [-0.3, -0.25) is 0 Å². The van der Waals surface area contributed by atoms with E-state index in [0.29, 0.717) is 18.0 Å². The molecule has 0 aromatic carbocycles. The van der Waals surface area contributed by atoms with Crippen LogP contribution in [-0.4, -0.2) is 11.0 Å². The van der Waals surface area contributed by atoms with Gasteiger partial charge in [0.25, 0.3) is 0 Å². The number of rotatable bonds is 6. The SMILES string of the molecule is CC(C)NC(CC1CCCCC1)c1nc(C(C)C)cs1. The summed E-state index contributed by atoms with van der Waals surface area (Å²) in [5, 5.41) is 7.29. The van der Waals surface area contributed by atoms with Crippen LogP contribution in [0.4, 0.5) is 0 Å². The van der Waals surface area contributed by atoms with E-state index in [1.54, 1.807) is 0 Å². The number of hydrogen-bond donors (Lipinski definition) is 1. The van der Waals surface area contributed by atoms with Gasteiger partial charge in [-0.15, -0.1) is 11.3 Å². The molecule has 1 saturated carbocycles. The van der Waals surface area contributed by atoms with Gasteiger partial charge in [-0.25, -0.2) is 4.98 Å². The quantitative estimate of drug-likeness (QED) is 0.772. The standard InChI is InChI=1S/C17H30N2S/c1-12(2)16-11-20-17(19-16)15(18-13(3)4)10-14-8-6-5-7-9-14/h11-15,18H,5-10H2,1-4H3. The van der Waals surface area contributed by atoms with Gasteiger partial charge >= 0.3 is 0 Å². The van der Waals surface area contributed by atoms with Crippen molar-refractivity contribution in [2.24, 2.45) is 5.92 Å². The number of nitrogens with one attached hydrogen (secondary N) is 1. The van der Waals surface area contributed by atoms with E-state index in [9.17, 15) is 0 Å². The smallest absolute Gasteiger partial charge is 0.110 e. The summed E-state index contributed by atoms with van der Waals surface area (Å²) in [5.74, 6) is 1.43. The molecule has 1 atom stereocenters. The molecule has 0 aliphatic heterocycles. The van der Waals surface area contributed by atoms with Gasteiger partial charge in [-0.1, -0.05) is 59.8 Å². The molecule has 1 aromatic rings. The molecule has 1 heterocycles. The van der Waals surface area contributed by atoms with Crippen molar-refractivity contribution in [2.45, 2.75) is 84.2 Å². The van der Waals surface area contributed by atoms with E-state index in [-0.39, 0.29) is 0 Å². The first-order chi connectivity index (χ1) is 9.56. The second kappa shape index (κ2) is 7.56. The van der Waals surface area contributed by atoms with Crippen LogP contribution in [0.15, 0.2) is 5.38 Å². The van der Waals surface area contributed by atoms with Crippen molar-refractivity contribution in [1.29, 1.82) is 0 Å². The van der Waals surface area contributed by atoms with E-state index in [4.69, 9.17) is 4.98 Å². The van der Waals surface area contributed by atoms with Gasteiger partial charge < -0.3 is 5.32 Å². The molecule has 0 bridgehead atoms. The average molecular weight is 295 g/mol. The van der Waals surface area contributed by atoms with Gasteiger partial charge in [0.05, 0.1) is 11.7 Å². The topological polar surface area (TPSA) is 24.9 Å². The molecular weight excluding hydrogens is 264 g/mol. The Balaban J connectivity index is 2.04.